The highest BCUT2D eigenvalue weighted by atomic mass is 19.1. The first kappa shape index (κ1) is 24.8. The van der Waals surface area contributed by atoms with E-state index in [1.54, 1.807) is 18.2 Å². The summed E-state index contributed by atoms with van der Waals surface area (Å²) in [6.07, 6.45) is 5.05. The molecule has 0 amide bonds. The van der Waals surface area contributed by atoms with E-state index in [0.29, 0.717) is 11.3 Å². The van der Waals surface area contributed by atoms with E-state index in [-0.39, 0.29) is 22.7 Å². The summed E-state index contributed by atoms with van der Waals surface area (Å²) in [6.45, 7) is 9.82. The number of hydrogen-bond acceptors (Lipinski definition) is 5. The Kier molecular flexibility index (Phi) is 7.77. The van der Waals surface area contributed by atoms with Crippen molar-refractivity contribution >= 4 is 12.2 Å². The molecule has 0 unspecified atom stereocenters. The Morgan fingerprint density at radius 3 is 2.60 bits per heavy atom. The van der Waals surface area contributed by atoms with Crippen LogP contribution in [0, 0.1) is 5.82 Å². The quantitative estimate of drug-likeness (QED) is 0.473. The first-order valence-corrected chi connectivity index (χ1v) is 12.0. The summed E-state index contributed by atoms with van der Waals surface area (Å²) in [5.74, 6) is 0.600. The number of aryl methyl sites for hydroxylation is 1. The summed E-state index contributed by atoms with van der Waals surface area (Å²) in [6, 6.07) is 5.80. The molecule has 1 saturated heterocycles. The number of aromatic nitrogens is 4. The molecule has 1 aliphatic rings. The maximum Gasteiger partial charge on any atom is 0.272 e. The van der Waals surface area contributed by atoms with E-state index in [0.717, 1.165) is 50.6 Å². The number of benzene rings is 1. The Morgan fingerprint density at radius 1 is 1.17 bits per heavy atom. The van der Waals surface area contributed by atoms with E-state index in [1.807, 2.05) is 13.8 Å². The second-order valence-electron chi connectivity index (χ2n) is 9.30. The zero-order valence-electron chi connectivity index (χ0n) is 20.4. The summed E-state index contributed by atoms with van der Waals surface area (Å²) in [7, 11) is 0. The average Bonchev–Trinajstić information content (AvgIpc) is 3.20. The Labute approximate surface area is 202 Å². The molecule has 9 heteroatoms. The number of ether oxygens (including phenoxy) is 1. The van der Waals surface area contributed by atoms with E-state index in [9.17, 15) is 14.0 Å². The molecule has 1 atom stereocenters. The van der Waals surface area contributed by atoms with Crippen molar-refractivity contribution in [2.24, 2.45) is 0 Å². The van der Waals surface area contributed by atoms with Gasteiger partial charge in [-0.2, -0.15) is 0 Å². The van der Waals surface area contributed by atoms with Gasteiger partial charge in [-0.15, -0.1) is 0 Å². The second-order valence-corrected chi connectivity index (χ2v) is 9.30. The first-order valence-electron chi connectivity index (χ1n) is 12.0. The third-order valence-corrected chi connectivity index (χ3v) is 6.03. The van der Waals surface area contributed by atoms with Crippen LogP contribution in [0.2, 0.25) is 0 Å². The van der Waals surface area contributed by atoms with Gasteiger partial charge in [0.15, 0.2) is 0 Å². The predicted octanol–water partition coefficient (Wildman–Crippen LogP) is 1.36. The fourth-order valence-corrected chi connectivity index (χ4v) is 4.28. The zero-order chi connectivity index (χ0) is 24.9. The number of aromatic amines is 3. The van der Waals surface area contributed by atoms with Crippen molar-refractivity contribution in [3.8, 4) is 0 Å². The minimum absolute atomic E-state index is 0.0574. The summed E-state index contributed by atoms with van der Waals surface area (Å²) in [4.78, 5) is 41.1. The van der Waals surface area contributed by atoms with E-state index < -0.39 is 16.9 Å². The Morgan fingerprint density at radius 2 is 1.91 bits per heavy atom. The van der Waals surface area contributed by atoms with Crippen LogP contribution in [0.25, 0.3) is 12.2 Å². The van der Waals surface area contributed by atoms with E-state index in [1.165, 1.54) is 18.2 Å². The van der Waals surface area contributed by atoms with Crippen LogP contribution in [-0.4, -0.2) is 57.2 Å². The van der Waals surface area contributed by atoms with Crippen molar-refractivity contribution in [3.05, 3.63) is 84.3 Å². The molecule has 0 saturated carbocycles. The summed E-state index contributed by atoms with van der Waals surface area (Å²) < 4.78 is 19.0. The molecule has 0 radical (unpaired) electrons. The van der Waals surface area contributed by atoms with Gasteiger partial charge in [-0.05, 0) is 55.7 Å². The van der Waals surface area contributed by atoms with Crippen LogP contribution < -0.4 is 21.8 Å². The normalized spacial score (nSPS) is 18.0. The summed E-state index contributed by atoms with van der Waals surface area (Å²) in [5.41, 5.74) is 1.11. The fourth-order valence-electron chi connectivity index (χ4n) is 4.28. The van der Waals surface area contributed by atoms with Crippen molar-refractivity contribution in [1.82, 2.24) is 24.8 Å². The number of nitrogens with zero attached hydrogens (tertiary/aromatic N) is 2. The highest BCUT2D eigenvalue weighted by Gasteiger charge is 2.17. The predicted molar refractivity (Wildman–Crippen MR) is 133 cm³/mol. The van der Waals surface area contributed by atoms with E-state index in [2.05, 4.69) is 26.8 Å². The Balaban J connectivity index is 1.57. The highest BCUT2D eigenvalue weighted by molar-refractivity contribution is 5.49. The number of hydrogen-bond donors (Lipinski definition) is 3. The van der Waals surface area contributed by atoms with Gasteiger partial charge in [0.1, 0.15) is 22.3 Å². The van der Waals surface area contributed by atoms with E-state index in [4.69, 9.17) is 9.72 Å². The molecule has 3 N–H and O–H groups in total. The minimum atomic E-state index is -0.471. The van der Waals surface area contributed by atoms with E-state index >= 15 is 0 Å². The van der Waals surface area contributed by atoms with Crippen molar-refractivity contribution in [1.29, 1.82) is 0 Å². The van der Waals surface area contributed by atoms with Gasteiger partial charge in [-0.3, -0.25) is 14.5 Å². The molecule has 186 valence electrons. The van der Waals surface area contributed by atoms with Gasteiger partial charge in [-0.1, -0.05) is 26.0 Å². The van der Waals surface area contributed by atoms with Crippen LogP contribution in [0.5, 0.6) is 0 Å². The molecule has 1 aliphatic heterocycles. The number of rotatable bonds is 7. The lowest BCUT2D eigenvalue weighted by Gasteiger charge is -2.30. The molecule has 8 nitrogen and oxygen atoms in total. The molecule has 4 rings (SSSR count). The van der Waals surface area contributed by atoms with Gasteiger partial charge in [0.05, 0.1) is 18.4 Å². The van der Waals surface area contributed by atoms with Crippen molar-refractivity contribution in [2.75, 3.05) is 26.2 Å². The number of imidazole rings is 1. The first-order chi connectivity index (χ1) is 16.8. The third-order valence-electron chi connectivity index (χ3n) is 6.03. The molecule has 3 heterocycles. The minimum Gasteiger partial charge on any atom is -0.376 e. The zero-order valence-corrected chi connectivity index (χ0v) is 20.4. The average molecular weight is 482 g/mol. The molecule has 2 aromatic heterocycles. The third kappa shape index (κ3) is 6.43. The topological polar surface area (TPSA) is 107 Å². The molecule has 0 spiro atoms. The summed E-state index contributed by atoms with van der Waals surface area (Å²) >= 11 is 0. The Bertz CT molecular complexity index is 1410. The largest absolute Gasteiger partial charge is 0.376 e. The maximum absolute atomic E-state index is 13.4. The fraction of sp³-hybridized carbons (Fsp3) is 0.423. The standard InChI is InChI=1S/C26H32FN5O3/c1-16(2)24-20(28-23(31-24)8-5-9-32-10-11-35-17(3)15-32)14-22-26(34)29-21(25(33)30-22)13-18-6-4-7-19(27)12-18/h4,6-7,12-14,16-17H,5,8-11,15H2,1-3H3,(H,28,31)(H,29,34)(H,30,33)/b21-13-,22-14-/t17-/m0/s1. The lowest BCUT2D eigenvalue weighted by atomic mass is 10.1. The molecule has 1 fully saturated rings. The lowest BCUT2D eigenvalue weighted by Crippen LogP contribution is -2.46. The van der Waals surface area contributed by atoms with Crippen molar-refractivity contribution < 1.29 is 9.13 Å². The SMILES string of the molecule is CC(C)c1[nH]c(CCCN2CCO[C@@H](C)C2)nc1/C=c1\[nH]c(=O)/c(=C/c2cccc(F)c2)[nH]c1=O. The Hall–Kier alpha value is -3.30. The lowest BCUT2D eigenvalue weighted by molar-refractivity contribution is -0.0184. The van der Waals surface area contributed by atoms with Gasteiger partial charge < -0.3 is 19.7 Å². The van der Waals surface area contributed by atoms with Crippen LogP contribution in [0.4, 0.5) is 4.39 Å². The molecule has 0 bridgehead atoms. The van der Waals surface area contributed by atoms with Crippen LogP contribution in [-0.2, 0) is 11.2 Å². The van der Waals surface area contributed by atoms with Crippen molar-refractivity contribution in [3.63, 3.8) is 0 Å². The highest BCUT2D eigenvalue weighted by Crippen LogP contribution is 2.18. The maximum atomic E-state index is 13.4. The smallest absolute Gasteiger partial charge is 0.272 e. The van der Waals surface area contributed by atoms with Gasteiger partial charge in [0.2, 0.25) is 0 Å². The molecular weight excluding hydrogens is 449 g/mol. The molecule has 1 aromatic carbocycles. The van der Waals surface area contributed by atoms with Gasteiger partial charge in [-0.25, -0.2) is 9.37 Å². The molecular formula is C26H32FN5O3. The number of H-pyrrole nitrogens is 3. The monoisotopic (exact) mass is 481 g/mol. The van der Waals surface area contributed by atoms with Crippen LogP contribution in [0.1, 0.15) is 55.9 Å². The summed E-state index contributed by atoms with van der Waals surface area (Å²) in [5, 5.41) is 0.177. The van der Waals surface area contributed by atoms with Crippen molar-refractivity contribution in [2.45, 2.75) is 45.6 Å². The molecule has 0 aliphatic carbocycles. The second kappa shape index (κ2) is 11.0. The number of halogens is 1. The van der Waals surface area contributed by atoms with Gasteiger partial charge in [0, 0.05) is 25.2 Å². The van der Waals surface area contributed by atoms with Crippen LogP contribution in [0.15, 0.2) is 33.9 Å². The van der Waals surface area contributed by atoms with Gasteiger partial charge >= 0.3 is 0 Å². The van der Waals surface area contributed by atoms with Crippen LogP contribution >= 0.6 is 0 Å². The number of morpholine rings is 1. The molecule has 3 aromatic rings. The van der Waals surface area contributed by atoms with Gasteiger partial charge in [0.25, 0.3) is 11.1 Å². The van der Waals surface area contributed by atoms with Crippen LogP contribution in [0.3, 0.4) is 0 Å². The number of nitrogens with one attached hydrogen (secondary N) is 3. The molecule has 35 heavy (non-hydrogen) atoms.